The third-order valence-corrected chi connectivity index (χ3v) is 7.50. The number of hydrogen-bond donors (Lipinski definition) is 0. The van der Waals surface area contributed by atoms with Crippen molar-refractivity contribution in [2.75, 3.05) is 45.0 Å². The highest BCUT2D eigenvalue weighted by atomic mass is 16.7. The number of carbonyl (C=O) groups excluding carboxylic acids is 1. The van der Waals surface area contributed by atoms with E-state index in [0.29, 0.717) is 37.7 Å². The number of benzene rings is 2. The van der Waals surface area contributed by atoms with Crippen molar-refractivity contribution < 1.29 is 28.3 Å². The first-order chi connectivity index (χ1) is 18.7. The first-order valence-corrected chi connectivity index (χ1v) is 12.8. The van der Waals surface area contributed by atoms with Gasteiger partial charge in [-0.05, 0) is 47.3 Å². The normalized spacial score (nSPS) is 15.7. The van der Waals surface area contributed by atoms with Gasteiger partial charge in [-0.25, -0.2) is 9.78 Å². The number of pyridine rings is 2. The summed E-state index contributed by atoms with van der Waals surface area (Å²) < 4.78 is 25.1. The summed E-state index contributed by atoms with van der Waals surface area (Å²) >= 11 is 0. The summed E-state index contributed by atoms with van der Waals surface area (Å²) in [6, 6.07) is 16.0. The second kappa shape index (κ2) is 9.09. The number of carbonyl (C=O) groups is 1. The van der Waals surface area contributed by atoms with Crippen LogP contribution in [0.3, 0.4) is 0 Å². The van der Waals surface area contributed by atoms with Crippen molar-refractivity contribution in [3.8, 4) is 34.3 Å². The molecule has 2 aromatic carbocycles. The monoisotopic (exact) mass is 511 g/mol. The summed E-state index contributed by atoms with van der Waals surface area (Å²) in [4.78, 5) is 21.6. The lowest BCUT2D eigenvalue weighted by Gasteiger charge is -2.34. The molecule has 0 radical (unpaired) electrons. The predicted octanol–water partition coefficient (Wildman–Crippen LogP) is 3.80. The van der Waals surface area contributed by atoms with Gasteiger partial charge in [0.25, 0.3) is 0 Å². The number of anilines is 1. The molecule has 2 aromatic heterocycles. The molecular formula is C29H27N4O5+. The van der Waals surface area contributed by atoms with Crippen molar-refractivity contribution >= 4 is 22.7 Å². The van der Waals surface area contributed by atoms with E-state index in [-0.39, 0.29) is 12.9 Å². The van der Waals surface area contributed by atoms with Crippen molar-refractivity contribution in [3.05, 3.63) is 66.5 Å². The van der Waals surface area contributed by atoms with Gasteiger partial charge in [0.05, 0.1) is 18.1 Å². The minimum absolute atomic E-state index is 0.253. The fraction of sp³-hybridized carbons (Fsp3) is 0.276. The van der Waals surface area contributed by atoms with Crippen LogP contribution in [0.1, 0.15) is 5.56 Å². The molecule has 0 saturated carbocycles. The first-order valence-electron chi connectivity index (χ1n) is 12.8. The van der Waals surface area contributed by atoms with Crippen LogP contribution in [0.15, 0.2) is 60.9 Å². The van der Waals surface area contributed by atoms with Crippen LogP contribution in [0.5, 0.6) is 23.0 Å². The molecule has 9 nitrogen and oxygen atoms in total. The number of amides is 1. The Morgan fingerprint density at radius 3 is 2.66 bits per heavy atom. The van der Waals surface area contributed by atoms with E-state index < -0.39 is 0 Å². The number of rotatable bonds is 3. The summed E-state index contributed by atoms with van der Waals surface area (Å²) in [5, 5.41) is 1.79. The largest absolute Gasteiger partial charge is 0.493 e. The standard InChI is InChI=1S/C29H27N4O5/c1-35-24-6-5-19-14-23-21-16-26-25(36-18-37-26)15-20(21)7-9-33(23)17-22(19)28(24)38-29(34)32-12-10-31(11-13-32)27-4-2-3-8-30-27/h2-6,8,14-17H,7,9-13,18H2,1H3/q+1. The quantitative estimate of drug-likeness (QED) is 0.387. The molecule has 1 saturated heterocycles. The molecule has 3 aliphatic heterocycles. The van der Waals surface area contributed by atoms with Gasteiger partial charge in [-0.3, -0.25) is 0 Å². The van der Waals surface area contributed by atoms with Crippen LogP contribution in [-0.4, -0.2) is 56.1 Å². The van der Waals surface area contributed by atoms with Gasteiger partial charge in [-0.1, -0.05) is 6.07 Å². The second-order valence-corrected chi connectivity index (χ2v) is 9.59. The van der Waals surface area contributed by atoms with E-state index in [4.69, 9.17) is 18.9 Å². The summed E-state index contributed by atoms with van der Waals surface area (Å²) in [5.74, 6) is 3.46. The summed E-state index contributed by atoms with van der Waals surface area (Å²) in [5.41, 5.74) is 3.45. The van der Waals surface area contributed by atoms with Gasteiger partial charge in [-0.2, -0.15) is 4.57 Å². The van der Waals surface area contributed by atoms with Crippen LogP contribution >= 0.6 is 0 Å². The molecule has 3 aliphatic rings. The minimum Gasteiger partial charge on any atom is -0.493 e. The van der Waals surface area contributed by atoms with Crippen LogP contribution in [0.25, 0.3) is 22.0 Å². The van der Waals surface area contributed by atoms with Gasteiger partial charge < -0.3 is 28.7 Å². The molecule has 5 heterocycles. The number of aromatic nitrogens is 2. The smallest absolute Gasteiger partial charge is 0.415 e. The van der Waals surface area contributed by atoms with Gasteiger partial charge in [0.15, 0.2) is 35.7 Å². The van der Waals surface area contributed by atoms with E-state index in [1.807, 2.05) is 30.3 Å². The molecule has 1 fully saturated rings. The Hall–Kier alpha value is -4.53. The molecule has 0 aliphatic carbocycles. The Morgan fingerprint density at radius 2 is 1.87 bits per heavy atom. The van der Waals surface area contributed by atoms with Crippen LogP contribution in [0.2, 0.25) is 0 Å². The number of piperazine rings is 1. The van der Waals surface area contributed by atoms with Gasteiger partial charge in [-0.15, -0.1) is 0 Å². The van der Waals surface area contributed by atoms with E-state index in [0.717, 1.165) is 52.3 Å². The zero-order valence-corrected chi connectivity index (χ0v) is 21.1. The van der Waals surface area contributed by atoms with E-state index in [2.05, 4.69) is 38.8 Å². The lowest BCUT2D eigenvalue weighted by atomic mass is 9.95. The Balaban J connectivity index is 1.18. The number of aryl methyl sites for hydroxylation is 2. The second-order valence-electron chi connectivity index (χ2n) is 9.59. The van der Waals surface area contributed by atoms with Gasteiger partial charge in [0.1, 0.15) is 5.82 Å². The van der Waals surface area contributed by atoms with Crippen molar-refractivity contribution in [2.24, 2.45) is 0 Å². The Bertz CT molecular complexity index is 1550. The van der Waals surface area contributed by atoms with E-state index in [1.54, 1.807) is 18.2 Å². The highest BCUT2D eigenvalue weighted by Gasteiger charge is 2.30. The van der Waals surface area contributed by atoms with Crippen molar-refractivity contribution in [1.82, 2.24) is 9.88 Å². The molecule has 7 rings (SSSR count). The SMILES string of the molecule is COc1ccc2cc3[n+](cc2c1OC(=O)N1CCN(c2ccccn2)CC1)CCc1cc2c(cc1-3)OCO2. The van der Waals surface area contributed by atoms with E-state index in [9.17, 15) is 4.79 Å². The Labute approximate surface area is 219 Å². The van der Waals surface area contributed by atoms with Gasteiger partial charge in [0.2, 0.25) is 12.5 Å². The molecule has 1 amide bonds. The molecule has 38 heavy (non-hydrogen) atoms. The lowest BCUT2D eigenvalue weighted by Crippen LogP contribution is -2.49. The van der Waals surface area contributed by atoms with Crippen LogP contribution in [0.4, 0.5) is 10.6 Å². The van der Waals surface area contributed by atoms with Crippen molar-refractivity contribution in [1.29, 1.82) is 0 Å². The maximum absolute atomic E-state index is 13.3. The zero-order chi connectivity index (χ0) is 25.6. The highest BCUT2D eigenvalue weighted by molar-refractivity contribution is 5.93. The summed E-state index contributed by atoms with van der Waals surface area (Å²) in [7, 11) is 1.59. The molecule has 0 atom stereocenters. The third-order valence-electron chi connectivity index (χ3n) is 7.50. The number of methoxy groups -OCH3 is 1. The Kier molecular flexibility index (Phi) is 5.42. The number of hydrogen-bond acceptors (Lipinski definition) is 7. The first kappa shape index (κ1) is 22.7. The lowest BCUT2D eigenvalue weighted by molar-refractivity contribution is -0.686. The molecule has 4 aromatic rings. The molecule has 0 spiro atoms. The molecule has 192 valence electrons. The van der Waals surface area contributed by atoms with Crippen molar-refractivity contribution in [3.63, 3.8) is 0 Å². The molecule has 0 unspecified atom stereocenters. The van der Waals surface area contributed by atoms with Crippen LogP contribution in [-0.2, 0) is 13.0 Å². The number of ether oxygens (including phenoxy) is 4. The molecule has 0 N–H and O–H groups in total. The average Bonchev–Trinajstić information content (AvgIpc) is 3.43. The van der Waals surface area contributed by atoms with Crippen LogP contribution < -0.4 is 28.4 Å². The number of fused-ring (bicyclic) bond motifs is 5. The zero-order valence-electron chi connectivity index (χ0n) is 21.1. The minimum atomic E-state index is -0.378. The fourth-order valence-corrected chi connectivity index (χ4v) is 5.47. The van der Waals surface area contributed by atoms with Gasteiger partial charge in [0, 0.05) is 44.9 Å². The van der Waals surface area contributed by atoms with Gasteiger partial charge >= 0.3 is 6.09 Å². The van der Waals surface area contributed by atoms with Crippen LogP contribution in [0, 0.1) is 0 Å². The average molecular weight is 512 g/mol. The predicted molar refractivity (Wildman–Crippen MR) is 140 cm³/mol. The van der Waals surface area contributed by atoms with E-state index >= 15 is 0 Å². The molecule has 0 bridgehead atoms. The maximum atomic E-state index is 13.3. The molecule has 9 heteroatoms. The third kappa shape index (κ3) is 3.82. The summed E-state index contributed by atoms with van der Waals surface area (Å²) in [6.45, 7) is 3.56. The Morgan fingerprint density at radius 1 is 1.03 bits per heavy atom. The molecular weight excluding hydrogens is 484 g/mol. The topological polar surface area (TPSA) is 77.2 Å². The maximum Gasteiger partial charge on any atom is 0.415 e. The fourth-order valence-electron chi connectivity index (χ4n) is 5.47. The van der Waals surface area contributed by atoms with Crippen molar-refractivity contribution in [2.45, 2.75) is 13.0 Å². The summed E-state index contributed by atoms with van der Waals surface area (Å²) in [6.07, 6.45) is 4.33. The van der Waals surface area contributed by atoms with E-state index in [1.165, 1.54) is 5.56 Å². The highest BCUT2D eigenvalue weighted by Crippen LogP contribution is 2.41. The number of nitrogens with zero attached hydrogens (tertiary/aromatic N) is 4.